The lowest BCUT2D eigenvalue weighted by Crippen LogP contribution is -2.41. The summed E-state index contributed by atoms with van der Waals surface area (Å²) < 4.78 is 62.9. The quantitative estimate of drug-likeness (QED) is 0.760. The highest BCUT2D eigenvalue weighted by Crippen LogP contribution is 2.31. The summed E-state index contributed by atoms with van der Waals surface area (Å²) in [5, 5.41) is 1.03. The van der Waals surface area contributed by atoms with Crippen LogP contribution in [0.5, 0.6) is 0 Å². The van der Waals surface area contributed by atoms with Crippen LogP contribution >= 0.6 is 0 Å². The van der Waals surface area contributed by atoms with Gasteiger partial charge in [0.25, 0.3) is 5.91 Å². The lowest BCUT2D eigenvalue weighted by atomic mass is 10.1. The Hall–Kier alpha value is -2.61. The van der Waals surface area contributed by atoms with Crippen molar-refractivity contribution in [1.82, 2.24) is 0 Å². The van der Waals surface area contributed by atoms with Gasteiger partial charge in [-0.05, 0) is 61.4 Å². The fourth-order valence-corrected chi connectivity index (χ4v) is 4.29. The van der Waals surface area contributed by atoms with Gasteiger partial charge in [0.2, 0.25) is 0 Å². The normalized spacial score (nSPS) is 18.2. The standard InChI is InChI=1S/C20H18F3NO3S/c1-13-6-7-17(10-14(13)2)24(18-8-9-28(26,27)12-18)19(25)15-4-3-5-16(11-15)20(21,22)23/h3-11,18H,12H2,1-2H3. The number of nitrogens with zero attached hydrogens (tertiary/aromatic N) is 1. The van der Waals surface area contributed by atoms with Crippen LogP contribution in [0, 0.1) is 13.8 Å². The van der Waals surface area contributed by atoms with E-state index in [2.05, 4.69) is 0 Å². The average molecular weight is 409 g/mol. The number of alkyl halides is 3. The summed E-state index contributed by atoms with van der Waals surface area (Å²) in [7, 11) is -3.47. The van der Waals surface area contributed by atoms with Gasteiger partial charge < -0.3 is 4.90 Å². The first kappa shape index (κ1) is 20.1. The van der Waals surface area contributed by atoms with Crippen molar-refractivity contribution in [2.45, 2.75) is 26.1 Å². The minimum atomic E-state index is -4.59. The number of amides is 1. The van der Waals surface area contributed by atoms with Crippen LogP contribution in [0.15, 0.2) is 53.9 Å². The molecular formula is C20H18F3NO3S. The van der Waals surface area contributed by atoms with E-state index in [0.717, 1.165) is 34.7 Å². The first-order valence-corrected chi connectivity index (χ1v) is 10.2. The third-order valence-corrected chi connectivity index (χ3v) is 6.05. The van der Waals surface area contributed by atoms with Crippen LogP contribution in [0.4, 0.5) is 18.9 Å². The number of anilines is 1. The lowest BCUT2D eigenvalue weighted by molar-refractivity contribution is -0.137. The van der Waals surface area contributed by atoms with Gasteiger partial charge in [0.1, 0.15) is 0 Å². The molecule has 1 atom stereocenters. The maximum absolute atomic E-state index is 13.1. The Labute approximate surface area is 161 Å². The van der Waals surface area contributed by atoms with E-state index < -0.39 is 33.5 Å². The third kappa shape index (κ3) is 4.11. The molecule has 0 saturated heterocycles. The molecule has 1 aliphatic rings. The zero-order valence-corrected chi connectivity index (χ0v) is 16.0. The molecule has 4 nitrogen and oxygen atoms in total. The van der Waals surface area contributed by atoms with Crippen molar-refractivity contribution in [3.63, 3.8) is 0 Å². The van der Waals surface area contributed by atoms with Crippen LogP contribution in [-0.2, 0) is 16.0 Å². The first-order valence-electron chi connectivity index (χ1n) is 8.47. The monoisotopic (exact) mass is 409 g/mol. The molecule has 0 bridgehead atoms. The maximum atomic E-state index is 13.1. The number of hydrogen-bond donors (Lipinski definition) is 0. The van der Waals surface area contributed by atoms with Crippen molar-refractivity contribution in [3.05, 3.63) is 76.2 Å². The van der Waals surface area contributed by atoms with Crippen LogP contribution in [-0.4, -0.2) is 26.1 Å². The van der Waals surface area contributed by atoms with Gasteiger partial charge in [0, 0.05) is 16.7 Å². The van der Waals surface area contributed by atoms with Crippen molar-refractivity contribution < 1.29 is 26.4 Å². The van der Waals surface area contributed by atoms with Gasteiger partial charge in [-0.1, -0.05) is 12.1 Å². The van der Waals surface area contributed by atoms with Gasteiger partial charge in [-0.25, -0.2) is 8.42 Å². The van der Waals surface area contributed by atoms with E-state index in [1.807, 2.05) is 13.8 Å². The molecule has 2 aromatic carbocycles. The number of carbonyl (C=O) groups is 1. The number of hydrogen-bond acceptors (Lipinski definition) is 3. The van der Waals surface area contributed by atoms with Gasteiger partial charge in [-0.15, -0.1) is 0 Å². The van der Waals surface area contributed by atoms with Gasteiger partial charge in [0.15, 0.2) is 9.84 Å². The molecule has 28 heavy (non-hydrogen) atoms. The number of sulfone groups is 1. The van der Waals surface area contributed by atoms with E-state index in [1.165, 1.54) is 17.0 Å². The van der Waals surface area contributed by atoms with Crippen LogP contribution < -0.4 is 4.90 Å². The van der Waals surface area contributed by atoms with E-state index in [9.17, 15) is 26.4 Å². The number of aryl methyl sites for hydroxylation is 2. The molecule has 0 radical (unpaired) electrons. The molecule has 148 valence electrons. The molecule has 1 aliphatic heterocycles. The highest BCUT2D eigenvalue weighted by molar-refractivity contribution is 7.94. The molecule has 1 unspecified atom stereocenters. The van der Waals surface area contributed by atoms with Gasteiger partial charge >= 0.3 is 6.18 Å². The Morgan fingerprint density at radius 1 is 1.07 bits per heavy atom. The summed E-state index contributed by atoms with van der Waals surface area (Å²) >= 11 is 0. The van der Waals surface area contributed by atoms with E-state index >= 15 is 0 Å². The van der Waals surface area contributed by atoms with Gasteiger partial charge in [-0.2, -0.15) is 13.2 Å². The molecule has 1 heterocycles. The molecule has 8 heteroatoms. The topological polar surface area (TPSA) is 54.5 Å². The predicted molar refractivity (Wildman–Crippen MR) is 101 cm³/mol. The summed E-state index contributed by atoms with van der Waals surface area (Å²) in [5.41, 5.74) is 1.19. The number of carbonyl (C=O) groups excluding carboxylic acids is 1. The van der Waals surface area contributed by atoms with Gasteiger partial charge in [-0.3, -0.25) is 4.79 Å². The highest BCUT2D eigenvalue weighted by atomic mass is 32.2. The molecular weight excluding hydrogens is 391 g/mol. The molecule has 1 amide bonds. The Kier molecular flexibility index (Phi) is 5.10. The molecule has 0 fully saturated rings. The van der Waals surface area contributed by atoms with Crippen LogP contribution in [0.1, 0.15) is 27.0 Å². The summed E-state index contributed by atoms with van der Waals surface area (Å²) in [4.78, 5) is 14.4. The smallest absolute Gasteiger partial charge is 0.300 e. The van der Waals surface area contributed by atoms with E-state index in [-0.39, 0.29) is 11.3 Å². The number of rotatable bonds is 3. The Bertz CT molecular complexity index is 1060. The number of halogens is 3. The van der Waals surface area contributed by atoms with Crippen LogP contribution in [0.2, 0.25) is 0 Å². The molecule has 2 aromatic rings. The van der Waals surface area contributed by atoms with Crippen LogP contribution in [0.25, 0.3) is 0 Å². The zero-order chi connectivity index (χ0) is 20.7. The molecule has 3 rings (SSSR count). The summed E-state index contributed by atoms with van der Waals surface area (Å²) in [5.74, 6) is -1.01. The molecule has 0 N–H and O–H groups in total. The molecule has 0 saturated carbocycles. The fraction of sp³-hybridized carbons (Fsp3) is 0.250. The molecule has 0 aromatic heterocycles. The summed E-state index contributed by atoms with van der Waals surface area (Å²) in [6, 6.07) is 8.49. The Morgan fingerprint density at radius 2 is 1.79 bits per heavy atom. The van der Waals surface area contributed by atoms with Crippen molar-refractivity contribution >= 4 is 21.4 Å². The Balaban J connectivity index is 2.08. The second kappa shape index (κ2) is 7.09. The van der Waals surface area contributed by atoms with E-state index in [0.29, 0.717) is 5.69 Å². The summed E-state index contributed by atoms with van der Waals surface area (Å²) in [6.07, 6.45) is -3.20. The molecule has 0 spiro atoms. The lowest BCUT2D eigenvalue weighted by Gasteiger charge is -2.28. The van der Waals surface area contributed by atoms with Crippen molar-refractivity contribution in [2.75, 3.05) is 10.7 Å². The second-order valence-corrected chi connectivity index (χ2v) is 8.68. The van der Waals surface area contributed by atoms with Crippen LogP contribution in [0.3, 0.4) is 0 Å². The van der Waals surface area contributed by atoms with E-state index in [4.69, 9.17) is 0 Å². The fourth-order valence-electron chi connectivity index (χ4n) is 3.02. The largest absolute Gasteiger partial charge is 0.416 e. The second-order valence-electron chi connectivity index (χ2n) is 6.75. The van der Waals surface area contributed by atoms with Crippen molar-refractivity contribution in [1.29, 1.82) is 0 Å². The third-order valence-electron chi connectivity index (χ3n) is 4.67. The Morgan fingerprint density at radius 3 is 2.36 bits per heavy atom. The SMILES string of the molecule is Cc1ccc(N(C(=O)c2cccc(C(F)(F)F)c2)C2C=CS(=O)(=O)C2)cc1C. The zero-order valence-electron chi connectivity index (χ0n) is 15.2. The van der Waals surface area contributed by atoms with Crippen molar-refractivity contribution in [2.24, 2.45) is 0 Å². The minimum absolute atomic E-state index is 0.161. The average Bonchev–Trinajstić information content (AvgIpc) is 2.97. The number of benzene rings is 2. The first-order chi connectivity index (χ1) is 13.0. The molecule has 0 aliphatic carbocycles. The minimum Gasteiger partial charge on any atom is -0.300 e. The van der Waals surface area contributed by atoms with Crippen molar-refractivity contribution in [3.8, 4) is 0 Å². The highest BCUT2D eigenvalue weighted by Gasteiger charge is 2.34. The van der Waals surface area contributed by atoms with E-state index in [1.54, 1.807) is 18.2 Å². The summed E-state index contributed by atoms with van der Waals surface area (Å²) in [6.45, 7) is 3.73. The predicted octanol–water partition coefficient (Wildman–Crippen LogP) is 4.28. The maximum Gasteiger partial charge on any atom is 0.416 e. The van der Waals surface area contributed by atoms with Gasteiger partial charge in [0.05, 0.1) is 17.4 Å².